The number of allylic oxidation sites excluding steroid dienone is 5. The molecule has 4 aromatic carbocycles. The first-order valence-corrected chi connectivity index (χ1v) is 21.3. The Morgan fingerprint density at radius 2 is 1.63 bits per heavy atom. The number of aryl methyl sites for hydroxylation is 2. The van der Waals surface area contributed by atoms with Crippen LogP contribution >= 0.6 is 22.7 Å². The smallest absolute Gasteiger partial charge is 0.197 e. The van der Waals surface area contributed by atoms with Crippen LogP contribution < -0.4 is 21.6 Å². The summed E-state index contributed by atoms with van der Waals surface area (Å²) >= 11 is 3.65. The van der Waals surface area contributed by atoms with Crippen LogP contribution in [0.2, 0.25) is 0 Å². The number of fused-ring (bicyclic) bond motifs is 6. The minimum Gasteiger partial charge on any atom is -0.390 e. The average molecular weight is 742 g/mol. The molecule has 3 aliphatic rings. The summed E-state index contributed by atoms with van der Waals surface area (Å²) in [6, 6.07) is 25.8. The summed E-state index contributed by atoms with van der Waals surface area (Å²) in [5.41, 5.74) is 24.2. The summed E-state index contributed by atoms with van der Waals surface area (Å²) < 4.78 is 2.67. The molecule has 2 aromatic heterocycles. The fourth-order valence-corrected chi connectivity index (χ4v) is 11.1. The minimum absolute atomic E-state index is 0.0897. The van der Waals surface area contributed by atoms with E-state index in [4.69, 9.17) is 5.73 Å². The van der Waals surface area contributed by atoms with Crippen LogP contribution in [-0.4, -0.2) is 7.28 Å². The second-order valence-corrected chi connectivity index (χ2v) is 19.8. The Morgan fingerprint density at radius 3 is 2.44 bits per heavy atom. The van der Waals surface area contributed by atoms with Gasteiger partial charge in [-0.25, -0.2) is 0 Å². The molecule has 1 aliphatic heterocycles. The Balaban J connectivity index is 1.21. The Kier molecular flexibility index (Phi) is 8.63. The van der Waals surface area contributed by atoms with Crippen molar-refractivity contribution in [1.29, 1.82) is 0 Å². The van der Waals surface area contributed by atoms with Crippen LogP contribution in [-0.2, 0) is 11.8 Å². The van der Waals surface area contributed by atoms with Gasteiger partial charge in [-0.3, -0.25) is 0 Å². The second-order valence-electron chi connectivity index (χ2n) is 17.7. The highest BCUT2D eigenvalue weighted by Crippen LogP contribution is 2.46. The predicted molar refractivity (Wildman–Crippen MR) is 241 cm³/mol. The first kappa shape index (κ1) is 35.4. The van der Waals surface area contributed by atoms with Gasteiger partial charge in [0.15, 0.2) is 7.28 Å². The van der Waals surface area contributed by atoms with E-state index in [1.165, 1.54) is 104 Å². The maximum absolute atomic E-state index is 6.78. The topological polar surface area (TPSA) is 29.3 Å². The standard InChI is InChI=1S/C49H50BN2S2/c1-29-23-36(31-13-12-14-32(26-31)45-35-16-9-11-18-43(35)54-47(45)51)46-41(24-29)52(39-20-19-33(25-30(39)2)49(6,7)22-21-48(3,4)5)40-27-37-34-15-8-10-17-42(34)53-44(37)28-38(40)50-46/h8,10-11,13,15,17-20,23-28H,9,12,14,16,21-22,51H2,1-7H3. The number of nitrogen functional groups attached to an aromatic ring is 1. The van der Waals surface area contributed by atoms with Gasteiger partial charge in [-0.2, -0.15) is 0 Å². The summed E-state index contributed by atoms with van der Waals surface area (Å²) in [5, 5.41) is 3.62. The third-order valence-corrected chi connectivity index (χ3v) is 14.1. The Bertz CT molecular complexity index is 2580. The fraction of sp³-hybridized carbons (Fsp3) is 0.306. The quantitative estimate of drug-likeness (QED) is 0.172. The zero-order chi connectivity index (χ0) is 37.5. The molecule has 0 saturated heterocycles. The first-order chi connectivity index (χ1) is 25.8. The molecule has 2 nitrogen and oxygen atoms in total. The number of hydrogen-bond donors (Lipinski definition) is 1. The molecule has 2 aliphatic carbocycles. The van der Waals surface area contributed by atoms with Crippen molar-refractivity contribution < 1.29 is 0 Å². The molecule has 0 atom stereocenters. The molecule has 6 aromatic rings. The zero-order valence-corrected chi connectivity index (χ0v) is 34.5. The summed E-state index contributed by atoms with van der Waals surface area (Å²) in [5.74, 6) is 0. The van der Waals surface area contributed by atoms with E-state index in [-0.39, 0.29) is 5.41 Å². The van der Waals surface area contributed by atoms with Crippen LogP contribution in [0.4, 0.5) is 22.1 Å². The number of rotatable bonds is 6. The van der Waals surface area contributed by atoms with E-state index in [1.807, 2.05) is 11.3 Å². The monoisotopic (exact) mass is 741 g/mol. The summed E-state index contributed by atoms with van der Waals surface area (Å²) in [7, 11) is 2.47. The van der Waals surface area contributed by atoms with Crippen LogP contribution in [0, 0.1) is 19.3 Å². The van der Waals surface area contributed by atoms with Crippen molar-refractivity contribution >= 4 is 100 Å². The molecular formula is C49H50BN2S2. The largest absolute Gasteiger partial charge is 0.390 e. The van der Waals surface area contributed by atoms with E-state index < -0.39 is 0 Å². The van der Waals surface area contributed by atoms with Crippen molar-refractivity contribution in [2.75, 3.05) is 10.6 Å². The van der Waals surface area contributed by atoms with E-state index in [0.29, 0.717) is 5.41 Å². The van der Waals surface area contributed by atoms with Crippen LogP contribution in [0.25, 0.3) is 37.4 Å². The van der Waals surface area contributed by atoms with Gasteiger partial charge in [0.1, 0.15) is 0 Å². The van der Waals surface area contributed by atoms with Crippen molar-refractivity contribution in [2.45, 2.75) is 92.4 Å². The van der Waals surface area contributed by atoms with Crippen molar-refractivity contribution in [3.63, 3.8) is 0 Å². The Hall–Kier alpha value is -4.32. The number of nitrogens with zero attached hydrogens (tertiary/aromatic N) is 1. The third kappa shape index (κ3) is 6.18. The average Bonchev–Trinajstić information content (AvgIpc) is 3.68. The van der Waals surface area contributed by atoms with E-state index in [0.717, 1.165) is 37.1 Å². The second kappa shape index (κ2) is 13.2. The molecule has 0 fully saturated rings. The molecular weight excluding hydrogens is 691 g/mol. The highest BCUT2D eigenvalue weighted by molar-refractivity contribution is 7.26. The molecule has 2 N–H and O–H groups in total. The van der Waals surface area contributed by atoms with Gasteiger partial charge in [-0.1, -0.05) is 100 Å². The van der Waals surface area contributed by atoms with Crippen molar-refractivity contribution in [3.8, 4) is 0 Å². The van der Waals surface area contributed by atoms with Gasteiger partial charge < -0.3 is 10.6 Å². The number of nitrogens with two attached hydrogens (primary N) is 1. The Labute approximate surface area is 330 Å². The lowest BCUT2D eigenvalue weighted by Crippen LogP contribution is -2.41. The predicted octanol–water partition coefficient (Wildman–Crippen LogP) is 13.1. The van der Waals surface area contributed by atoms with Gasteiger partial charge in [0.25, 0.3) is 0 Å². The molecule has 271 valence electrons. The molecule has 0 amide bonds. The summed E-state index contributed by atoms with van der Waals surface area (Å²) in [4.78, 5) is 3.91. The number of anilines is 4. The molecule has 0 bridgehead atoms. The van der Waals surface area contributed by atoms with Gasteiger partial charge >= 0.3 is 0 Å². The highest BCUT2D eigenvalue weighted by atomic mass is 32.1. The zero-order valence-electron chi connectivity index (χ0n) is 32.8. The summed E-state index contributed by atoms with van der Waals surface area (Å²) in [6.45, 7) is 16.5. The van der Waals surface area contributed by atoms with Gasteiger partial charge in [-0.15, -0.1) is 22.7 Å². The lowest BCUT2D eigenvalue weighted by Gasteiger charge is -2.37. The van der Waals surface area contributed by atoms with Crippen molar-refractivity contribution in [1.82, 2.24) is 0 Å². The normalized spacial score (nSPS) is 15.5. The molecule has 1 radical (unpaired) electrons. The maximum atomic E-state index is 6.78. The molecule has 54 heavy (non-hydrogen) atoms. The SMILES string of the molecule is Cc1cc(C2=CCCC(c3c(N)sc4c3CCC=C4)=C2)c2c(c1)N(c1ccc(C(C)(C)CCC(C)(C)C)cc1C)c1cc3c(cc1[B]2)sc1ccccc13. The van der Waals surface area contributed by atoms with Crippen molar-refractivity contribution in [2.24, 2.45) is 5.41 Å². The molecule has 0 spiro atoms. The molecule has 0 unspecified atom stereocenters. The van der Waals surface area contributed by atoms with Gasteiger partial charge in [0.05, 0.1) is 5.00 Å². The first-order valence-electron chi connectivity index (χ1n) is 19.7. The minimum atomic E-state index is 0.0897. The maximum Gasteiger partial charge on any atom is 0.197 e. The van der Waals surface area contributed by atoms with E-state index in [9.17, 15) is 0 Å². The van der Waals surface area contributed by atoms with Gasteiger partial charge in [-0.05, 0) is 139 Å². The molecule has 3 heterocycles. The van der Waals surface area contributed by atoms with E-state index >= 15 is 0 Å². The van der Waals surface area contributed by atoms with Gasteiger partial charge in [0, 0.05) is 47.7 Å². The van der Waals surface area contributed by atoms with Crippen LogP contribution in [0.3, 0.4) is 0 Å². The van der Waals surface area contributed by atoms with E-state index in [1.54, 1.807) is 11.3 Å². The van der Waals surface area contributed by atoms with Crippen LogP contribution in [0.15, 0.2) is 85.0 Å². The van der Waals surface area contributed by atoms with Crippen LogP contribution in [0.5, 0.6) is 0 Å². The lowest BCUT2D eigenvalue weighted by molar-refractivity contribution is 0.315. The van der Waals surface area contributed by atoms with E-state index in [2.05, 4.69) is 152 Å². The van der Waals surface area contributed by atoms with Crippen LogP contribution in [0.1, 0.15) is 105 Å². The van der Waals surface area contributed by atoms with Gasteiger partial charge in [0.2, 0.25) is 0 Å². The van der Waals surface area contributed by atoms with Crippen molar-refractivity contribution in [3.05, 3.63) is 123 Å². The lowest BCUT2D eigenvalue weighted by atomic mass is 9.57. The molecule has 5 heteroatoms. The Morgan fingerprint density at radius 1 is 0.796 bits per heavy atom. The third-order valence-electron chi connectivity index (χ3n) is 12.0. The highest BCUT2D eigenvalue weighted by Gasteiger charge is 2.32. The molecule has 9 rings (SSSR count). The number of thiophene rings is 2. The molecule has 0 saturated carbocycles. The number of hydrogen-bond acceptors (Lipinski definition) is 4. The summed E-state index contributed by atoms with van der Waals surface area (Å²) in [6.07, 6.45) is 16.0. The number of benzene rings is 4. The fourth-order valence-electron chi connectivity index (χ4n) is 8.89.